The van der Waals surface area contributed by atoms with Crippen molar-refractivity contribution in [3.63, 3.8) is 0 Å². The van der Waals surface area contributed by atoms with Gasteiger partial charge in [-0.2, -0.15) is 5.10 Å². The maximum Gasteiger partial charge on any atom is 0.277 e. The second kappa shape index (κ2) is 9.17. The number of carbonyl (C=O) groups is 2. The fourth-order valence-electron chi connectivity index (χ4n) is 3.02. The minimum absolute atomic E-state index is 0.0989. The van der Waals surface area contributed by atoms with E-state index in [1.54, 1.807) is 4.90 Å². The number of ether oxygens (including phenoxy) is 1. The normalized spacial score (nSPS) is 14.3. The molecule has 1 saturated heterocycles. The first-order valence-corrected chi connectivity index (χ1v) is 9.52. The highest BCUT2D eigenvalue weighted by molar-refractivity contribution is 6.00. The molecule has 2 aromatic carbocycles. The van der Waals surface area contributed by atoms with Crippen LogP contribution in [-0.2, 0) is 16.0 Å². The van der Waals surface area contributed by atoms with Crippen molar-refractivity contribution < 1.29 is 14.3 Å². The highest BCUT2D eigenvalue weighted by atomic mass is 16.5. The van der Waals surface area contributed by atoms with Gasteiger partial charge in [0.2, 0.25) is 5.91 Å². The number of anilines is 1. The van der Waals surface area contributed by atoms with Gasteiger partial charge in [0.1, 0.15) is 5.75 Å². The number of hydrogen-bond donors (Lipinski definition) is 1. The Labute approximate surface area is 165 Å². The Hall–Kier alpha value is -3.15. The largest absolute Gasteiger partial charge is 0.484 e. The van der Waals surface area contributed by atoms with Gasteiger partial charge in [0, 0.05) is 18.7 Å². The average molecular weight is 379 g/mol. The summed E-state index contributed by atoms with van der Waals surface area (Å²) in [6.07, 6.45) is 2.47. The number of aryl methyl sites for hydroxylation is 1. The van der Waals surface area contributed by atoms with E-state index in [0.717, 1.165) is 30.6 Å². The number of hydrogen-bond acceptors (Lipinski definition) is 4. The van der Waals surface area contributed by atoms with Crippen LogP contribution in [0.2, 0.25) is 0 Å². The van der Waals surface area contributed by atoms with Gasteiger partial charge in [-0.25, -0.2) is 5.43 Å². The molecule has 2 amide bonds. The standard InChI is InChI=1S/C22H25N3O3/c1-3-17-6-12-20(13-7-17)28-15-21(26)24-23-16(2)18-8-10-19(11-9-18)25-14-4-5-22(25)27/h6-13H,3-5,14-15H2,1-2H3,(H,24,26)/b23-16-. The van der Waals surface area contributed by atoms with Gasteiger partial charge in [-0.15, -0.1) is 0 Å². The molecule has 6 nitrogen and oxygen atoms in total. The van der Waals surface area contributed by atoms with Gasteiger partial charge in [-0.3, -0.25) is 9.59 Å². The van der Waals surface area contributed by atoms with E-state index in [4.69, 9.17) is 4.74 Å². The van der Waals surface area contributed by atoms with Crippen molar-refractivity contribution in [3.8, 4) is 5.75 Å². The fourth-order valence-corrected chi connectivity index (χ4v) is 3.02. The summed E-state index contributed by atoms with van der Waals surface area (Å²) >= 11 is 0. The monoisotopic (exact) mass is 379 g/mol. The first kappa shape index (κ1) is 19.6. The van der Waals surface area contributed by atoms with Crippen molar-refractivity contribution in [1.29, 1.82) is 0 Å². The van der Waals surface area contributed by atoms with E-state index in [2.05, 4.69) is 17.5 Å². The molecule has 0 spiro atoms. The van der Waals surface area contributed by atoms with Gasteiger partial charge < -0.3 is 9.64 Å². The first-order valence-electron chi connectivity index (χ1n) is 9.52. The zero-order chi connectivity index (χ0) is 19.9. The van der Waals surface area contributed by atoms with Crippen LogP contribution >= 0.6 is 0 Å². The minimum atomic E-state index is -0.321. The van der Waals surface area contributed by atoms with Crippen molar-refractivity contribution in [2.24, 2.45) is 5.10 Å². The van der Waals surface area contributed by atoms with E-state index in [0.29, 0.717) is 17.9 Å². The Kier molecular flexibility index (Phi) is 6.42. The van der Waals surface area contributed by atoms with E-state index in [1.165, 1.54) is 5.56 Å². The highest BCUT2D eigenvalue weighted by Crippen LogP contribution is 2.21. The predicted octanol–water partition coefficient (Wildman–Crippen LogP) is 3.30. The smallest absolute Gasteiger partial charge is 0.277 e. The Morgan fingerprint density at radius 1 is 1.14 bits per heavy atom. The molecule has 1 fully saturated rings. The first-order chi connectivity index (χ1) is 13.6. The average Bonchev–Trinajstić information content (AvgIpc) is 3.16. The summed E-state index contributed by atoms with van der Waals surface area (Å²) in [5.74, 6) is 0.494. The number of amides is 2. The van der Waals surface area contributed by atoms with Gasteiger partial charge in [0.25, 0.3) is 5.91 Å². The lowest BCUT2D eigenvalue weighted by atomic mass is 10.1. The van der Waals surface area contributed by atoms with Crippen LogP contribution in [0.5, 0.6) is 5.75 Å². The van der Waals surface area contributed by atoms with Gasteiger partial charge in [-0.1, -0.05) is 31.2 Å². The van der Waals surface area contributed by atoms with Crippen molar-refractivity contribution in [1.82, 2.24) is 5.43 Å². The second-order valence-corrected chi connectivity index (χ2v) is 6.71. The predicted molar refractivity (Wildman–Crippen MR) is 110 cm³/mol. The molecule has 146 valence electrons. The summed E-state index contributed by atoms with van der Waals surface area (Å²) in [5.41, 5.74) is 6.19. The topological polar surface area (TPSA) is 71.0 Å². The van der Waals surface area contributed by atoms with Crippen molar-refractivity contribution in [2.75, 3.05) is 18.1 Å². The molecule has 0 atom stereocenters. The molecule has 2 aromatic rings. The fraction of sp³-hybridized carbons (Fsp3) is 0.318. The molecule has 0 unspecified atom stereocenters. The van der Waals surface area contributed by atoms with Gasteiger partial charge in [0.05, 0.1) is 5.71 Å². The zero-order valence-electron chi connectivity index (χ0n) is 16.3. The number of nitrogens with zero attached hydrogens (tertiary/aromatic N) is 2. The number of benzene rings is 2. The number of nitrogens with one attached hydrogen (secondary N) is 1. The lowest BCUT2D eigenvalue weighted by Gasteiger charge is -2.15. The summed E-state index contributed by atoms with van der Waals surface area (Å²) in [6, 6.07) is 15.3. The Bertz CT molecular complexity index is 858. The van der Waals surface area contributed by atoms with Crippen LogP contribution in [0.1, 0.15) is 37.8 Å². The Morgan fingerprint density at radius 3 is 2.46 bits per heavy atom. The number of hydrazone groups is 1. The van der Waals surface area contributed by atoms with E-state index in [1.807, 2.05) is 55.5 Å². The molecule has 1 aliphatic rings. The summed E-state index contributed by atoms with van der Waals surface area (Å²) < 4.78 is 5.47. The van der Waals surface area contributed by atoms with Crippen LogP contribution in [0, 0.1) is 0 Å². The molecule has 0 radical (unpaired) electrons. The van der Waals surface area contributed by atoms with Crippen LogP contribution in [0.3, 0.4) is 0 Å². The third-order valence-corrected chi connectivity index (χ3v) is 4.72. The molecule has 0 aliphatic carbocycles. The van der Waals surface area contributed by atoms with Crippen LogP contribution in [0.4, 0.5) is 5.69 Å². The molecule has 3 rings (SSSR count). The third-order valence-electron chi connectivity index (χ3n) is 4.72. The van der Waals surface area contributed by atoms with Crippen LogP contribution in [-0.4, -0.2) is 30.7 Å². The van der Waals surface area contributed by atoms with E-state index < -0.39 is 0 Å². The molecule has 1 aliphatic heterocycles. The highest BCUT2D eigenvalue weighted by Gasteiger charge is 2.21. The van der Waals surface area contributed by atoms with Gasteiger partial charge in [-0.05, 0) is 55.2 Å². The molecule has 0 saturated carbocycles. The zero-order valence-corrected chi connectivity index (χ0v) is 16.3. The van der Waals surface area contributed by atoms with E-state index >= 15 is 0 Å². The minimum Gasteiger partial charge on any atom is -0.484 e. The lowest BCUT2D eigenvalue weighted by molar-refractivity contribution is -0.123. The molecular formula is C22H25N3O3. The summed E-state index contributed by atoms with van der Waals surface area (Å²) in [7, 11) is 0. The third kappa shape index (κ3) is 4.97. The molecule has 6 heteroatoms. The molecule has 1 N–H and O–H groups in total. The Balaban J connectivity index is 1.51. The quantitative estimate of drug-likeness (QED) is 0.593. The Morgan fingerprint density at radius 2 is 1.86 bits per heavy atom. The molecule has 0 aromatic heterocycles. The molecular weight excluding hydrogens is 354 g/mol. The summed E-state index contributed by atoms with van der Waals surface area (Å²) in [5, 5.41) is 4.13. The van der Waals surface area contributed by atoms with E-state index in [-0.39, 0.29) is 18.4 Å². The summed E-state index contributed by atoms with van der Waals surface area (Å²) in [6.45, 7) is 4.57. The van der Waals surface area contributed by atoms with Crippen LogP contribution < -0.4 is 15.1 Å². The molecule has 1 heterocycles. The van der Waals surface area contributed by atoms with Crippen LogP contribution in [0.15, 0.2) is 53.6 Å². The maximum atomic E-state index is 12.0. The number of rotatable bonds is 7. The lowest BCUT2D eigenvalue weighted by Crippen LogP contribution is -2.25. The van der Waals surface area contributed by atoms with Crippen molar-refractivity contribution in [2.45, 2.75) is 33.1 Å². The number of carbonyl (C=O) groups excluding carboxylic acids is 2. The molecule has 28 heavy (non-hydrogen) atoms. The van der Waals surface area contributed by atoms with Crippen LogP contribution in [0.25, 0.3) is 0 Å². The summed E-state index contributed by atoms with van der Waals surface area (Å²) in [4.78, 5) is 25.6. The van der Waals surface area contributed by atoms with E-state index in [9.17, 15) is 9.59 Å². The van der Waals surface area contributed by atoms with Gasteiger partial charge >= 0.3 is 0 Å². The molecule has 0 bridgehead atoms. The second-order valence-electron chi connectivity index (χ2n) is 6.71. The SMILES string of the molecule is CCc1ccc(OCC(=O)N/N=C(/C)c2ccc(N3CCCC3=O)cc2)cc1. The van der Waals surface area contributed by atoms with Crippen molar-refractivity contribution in [3.05, 3.63) is 59.7 Å². The van der Waals surface area contributed by atoms with Crippen molar-refractivity contribution >= 4 is 23.2 Å². The maximum absolute atomic E-state index is 12.0. The van der Waals surface area contributed by atoms with Gasteiger partial charge in [0.15, 0.2) is 6.61 Å².